The molecule has 0 bridgehead atoms. The third kappa shape index (κ3) is 7.96. The normalized spacial score (nSPS) is 13.4. The maximum Gasteiger partial charge on any atom is 0.258 e. The van der Waals surface area contributed by atoms with Crippen molar-refractivity contribution in [2.24, 2.45) is 0 Å². The first-order chi connectivity index (χ1) is 26.8. The standard InChI is InChI=1S/C44H28N2O9/c47-41-19-20-42(48)45(41)29-7-1-9-31(23-29)51-33-11-3-13-35(25-33)53-37-15-5-17-39(27-37)55-40-18-6-16-38(28-40)54-36-14-4-12-34(26-36)52-32-10-2-8-30(24-32)46-43(49)21-22-44(46)50/h1-28H. The second-order valence-electron chi connectivity index (χ2n) is 12.1. The van der Waals surface area contributed by atoms with Crippen molar-refractivity contribution in [1.82, 2.24) is 0 Å². The molecule has 268 valence electrons. The van der Waals surface area contributed by atoms with Gasteiger partial charge in [0.15, 0.2) is 0 Å². The number of amides is 4. The molecule has 0 fully saturated rings. The fraction of sp³-hybridized carbons (Fsp3) is 0. The molecule has 0 aliphatic carbocycles. The lowest BCUT2D eigenvalue weighted by atomic mass is 10.2. The molecule has 2 aliphatic rings. The monoisotopic (exact) mass is 728 g/mol. The van der Waals surface area contributed by atoms with Crippen molar-refractivity contribution < 1.29 is 42.9 Å². The Bertz CT molecular complexity index is 2330. The molecule has 0 atom stereocenters. The number of rotatable bonds is 12. The zero-order chi connectivity index (χ0) is 37.7. The minimum atomic E-state index is -0.407. The molecule has 0 saturated heterocycles. The Morgan fingerprint density at radius 3 is 0.709 bits per heavy atom. The van der Waals surface area contributed by atoms with Crippen LogP contribution >= 0.6 is 0 Å². The van der Waals surface area contributed by atoms with Crippen LogP contribution in [0, 0.1) is 0 Å². The highest BCUT2D eigenvalue weighted by Crippen LogP contribution is 2.35. The number of imide groups is 2. The summed E-state index contributed by atoms with van der Waals surface area (Å²) in [7, 11) is 0. The first-order valence-electron chi connectivity index (χ1n) is 16.9. The molecule has 8 rings (SSSR count). The predicted molar refractivity (Wildman–Crippen MR) is 202 cm³/mol. The van der Waals surface area contributed by atoms with Crippen molar-refractivity contribution in [2.75, 3.05) is 9.80 Å². The Morgan fingerprint density at radius 1 is 0.273 bits per heavy atom. The van der Waals surface area contributed by atoms with Gasteiger partial charge in [-0.2, -0.15) is 0 Å². The molecule has 2 aliphatic heterocycles. The highest BCUT2D eigenvalue weighted by Gasteiger charge is 2.26. The lowest BCUT2D eigenvalue weighted by Gasteiger charge is -2.15. The van der Waals surface area contributed by atoms with Gasteiger partial charge in [0.05, 0.1) is 11.4 Å². The Hall–Kier alpha value is -7.92. The molecular weight excluding hydrogens is 700 g/mol. The summed E-state index contributed by atoms with van der Waals surface area (Å²) < 4.78 is 30.5. The van der Waals surface area contributed by atoms with Crippen molar-refractivity contribution in [2.45, 2.75) is 0 Å². The predicted octanol–water partition coefficient (Wildman–Crippen LogP) is 9.51. The summed E-state index contributed by atoms with van der Waals surface area (Å²) >= 11 is 0. The van der Waals surface area contributed by atoms with E-state index < -0.39 is 23.6 Å². The lowest BCUT2D eigenvalue weighted by Crippen LogP contribution is -2.29. The minimum Gasteiger partial charge on any atom is -0.457 e. The van der Waals surface area contributed by atoms with Crippen molar-refractivity contribution in [3.8, 4) is 57.5 Å². The number of nitrogens with zero attached hydrogens (tertiary/aromatic N) is 2. The summed E-state index contributed by atoms with van der Waals surface area (Å²) in [5.74, 6) is 3.40. The van der Waals surface area contributed by atoms with Crippen LogP contribution in [0.15, 0.2) is 170 Å². The van der Waals surface area contributed by atoms with Gasteiger partial charge in [0.1, 0.15) is 57.5 Å². The van der Waals surface area contributed by atoms with Crippen LogP contribution in [-0.4, -0.2) is 23.6 Å². The molecule has 6 aromatic rings. The number of benzene rings is 6. The van der Waals surface area contributed by atoms with E-state index in [0.29, 0.717) is 68.9 Å². The van der Waals surface area contributed by atoms with Gasteiger partial charge in [0, 0.05) is 60.7 Å². The summed E-state index contributed by atoms with van der Waals surface area (Å²) in [5.41, 5.74) is 0.821. The van der Waals surface area contributed by atoms with Gasteiger partial charge < -0.3 is 23.7 Å². The van der Waals surface area contributed by atoms with E-state index in [1.54, 1.807) is 133 Å². The van der Waals surface area contributed by atoms with Crippen molar-refractivity contribution in [3.05, 3.63) is 170 Å². The lowest BCUT2D eigenvalue weighted by molar-refractivity contribution is -0.121. The summed E-state index contributed by atoms with van der Waals surface area (Å²) in [6.45, 7) is 0. The van der Waals surface area contributed by atoms with Crippen LogP contribution in [0.1, 0.15) is 0 Å². The maximum atomic E-state index is 12.1. The molecule has 0 spiro atoms. The fourth-order valence-corrected chi connectivity index (χ4v) is 5.77. The Balaban J connectivity index is 0.898. The molecule has 2 heterocycles. The summed E-state index contributed by atoms with van der Waals surface area (Å²) in [6, 6.07) is 41.9. The summed E-state index contributed by atoms with van der Waals surface area (Å²) in [6.07, 6.45) is 4.93. The Kier molecular flexibility index (Phi) is 9.31. The van der Waals surface area contributed by atoms with Gasteiger partial charge >= 0.3 is 0 Å². The van der Waals surface area contributed by atoms with Crippen LogP contribution in [0.5, 0.6) is 57.5 Å². The third-order valence-electron chi connectivity index (χ3n) is 8.17. The van der Waals surface area contributed by atoms with Crippen LogP contribution < -0.4 is 33.5 Å². The number of anilines is 2. The average molecular weight is 729 g/mol. The van der Waals surface area contributed by atoms with Gasteiger partial charge in [-0.05, 0) is 72.8 Å². The molecule has 0 radical (unpaired) electrons. The Morgan fingerprint density at radius 2 is 0.473 bits per heavy atom. The highest BCUT2D eigenvalue weighted by atomic mass is 16.5. The maximum absolute atomic E-state index is 12.1. The van der Waals surface area contributed by atoms with E-state index in [2.05, 4.69) is 0 Å². The first kappa shape index (κ1) is 34.2. The summed E-state index contributed by atoms with van der Waals surface area (Å²) in [5, 5.41) is 0. The SMILES string of the molecule is O=C1C=CC(=O)N1c1cccc(Oc2cccc(Oc3cccc(Oc4cccc(Oc5cccc(Oc6cccc(N7C(=O)C=CC7=O)c6)c5)c4)c3)c2)c1. The smallest absolute Gasteiger partial charge is 0.258 e. The van der Waals surface area contributed by atoms with Crippen LogP contribution in [-0.2, 0) is 19.2 Å². The Labute approximate surface area is 314 Å². The molecule has 6 aromatic carbocycles. The van der Waals surface area contributed by atoms with Crippen LogP contribution in [0.4, 0.5) is 11.4 Å². The van der Waals surface area contributed by atoms with E-state index in [1.807, 2.05) is 12.1 Å². The van der Waals surface area contributed by atoms with Gasteiger partial charge in [0.25, 0.3) is 23.6 Å². The van der Waals surface area contributed by atoms with Gasteiger partial charge in [0.2, 0.25) is 0 Å². The number of carbonyl (C=O) groups is 4. The summed E-state index contributed by atoms with van der Waals surface area (Å²) in [4.78, 5) is 50.6. The van der Waals surface area contributed by atoms with Crippen LogP contribution in [0.3, 0.4) is 0 Å². The van der Waals surface area contributed by atoms with E-state index in [0.717, 1.165) is 9.80 Å². The largest absolute Gasteiger partial charge is 0.457 e. The zero-order valence-corrected chi connectivity index (χ0v) is 28.7. The molecule has 11 heteroatoms. The van der Waals surface area contributed by atoms with Crippen LogP contribution in [0.25, 0.3) is 0 Å². The van der Waals surface area contributed by atoms with Gasteiger partial charge in [-0.15, -0.1) is 0 Å². The number of ether oxygens (including phenoxy) is 5. The zero-order valence-electron chi connectivity index (χ0n) is 28.7. The van der Waals surface area contributed by atoms with E-state index in [-0.39, 0.29) is 0 Å². The second kappa shape index (κ2) is 15.0. The molecule has 0 aromatic heterocycles. The van der Waals surface area contributed by atoms with Crippen molar-refractivity contribution >= 4 is 35.0 Å². The van der Waals surface area contributed by atoms with Gasteiger partial charge in [-0.1, -0.05) is 36.4 Å². The number of hydrogen-bond donors (Lipinski definition) is 0. The van der Waals surface area contributed by atoms with Crippen LogP contribution in [0.2, 0.25) is 0 Å². The molecular formula is C44H28N2O9. The topological polar surface area (TPSA) is 121 Å². The van der Waals surface area contributed by atoms with Crippen molar-refractivity contribution in [1.29, 1.82) is 0 Å². The molecule has 11 nitrogen and oxygen atoms in total. The second-order valence-corrected chi connectivity index (χ2v) is 12.1. The van der Waals surface area contributed by atoms with E-state index in [9.17, 15) is 19.2 Å². The van der Waals surface area contributed by atoms with E-state index >= 15 is 0 Å². The van der Waals surface area contributed by atoms with Crippen molar-refractivity contribution in [3.63, 3.8) is 0 Å². The first-order valence-corrected chi connectivity index (χ1v) is 16.9. The van der Waals surface area contributed by atoms with E-state index in [1.165, 1.54) is 24.3 Å². The van der Waals surface area contributed by atoms with Gasteiger partial charge in [-0.25, -0.2) is 9.80 Å². The molecule has 55 heavy (non-hydrogen) atoms. The minimum absolute atomic E-state index is 0.407. The third-order valence-corrected chi connectivity index (χ3v) is 8.17. The quantitative estimate of drug-likeness (QED) is 0.113. The van der Waals surface area contributed by atoms with E-state index in [4.69, 9.17) is 23.7 Å². The molecule has 0 unspecified atom stereocenters. The molecule has 4 amide bonds. The molecule has 0 N–H and O–H groups in total. The fourth-order valence-electron chi connectivity index (χ4n) is 5.77. The number of hydrogen-bond acceptors (Lipinski definition) is 9. The highest BCUT2D eigenvalue weighted by molar-refractivity contribution is 6.28. The average Bonchev–Trinajstić information content (AvgIpc) is 3.70. The van der Waals surface area contributed by atoms with Gasteiger partial charge in [-0.3, -0.25) is 19.2 Å². The molecule has 0 saturated carbocycles. The number of carbonyl (C=O) groups excluding carboxylic acids is 4.